The molecule has 0 aromatic heterocycles. The van der Waals surface area contributed by atoms with Gasteiger partial charge in [0.15, 0.2) is 0 Å². The van der Waals surface area contributed by atoms with Gasteiger partial charge >= 0.3 is 0 Å². The maximum Gasteiger partial charge on any atom is 0.125 e. The highest BCUT2D eigenvalue weighted by atomic mass is 14.8. The summed E-state index contributed by atoms with van der Waals surface area (Å²) in [4.78, 5) is 4.18. The van der Waals surface area contributed by atoms with E-state index >= 15 is 0 Å². The molecule has 1 rings (SSSR count). The highest BCUT2D eigenvalue weighted by Crippen LogP contribution is 2.15. The number of rotatable bonds is 4. The normalized spacial score (nSPS) is 11.9. The molecule has 0 aliphatic carbocycles. The summed E-state index contributed by atoms with van der Waals surface area (Å²) in [5.74, 6) is 0.456. The average Bonchev–Trinajstić information content (AvgIpc) is 2.28. The van der Waals surface area contributed by atoms with E-state index in [4.69, 9.17) is 5.41 Å². The highest BCUT2D eigenvalue weighted by Gasteiger charge is 2.15. The Bertz CT molecular complexity index is 372. The molecule has 0 fully saturated rings. The summed E-state index contributed by atoms with van der Waals surface area (Å²) in [7, 11) is 0. The molecule has 0 bridgehead atoms. The van der Waals surface area contributed by atoms with Gasteiger partial charge in [-0.25, -0.2) is 4.99 Å². The Morgan fingerprint density at radius 2 is 1.88 bits per heavy atom. The van der Waals surface area contributed by atoms with E-state index in [-0.39, 0.29) is 5.41 Å². The van der Waals surface area contributed by atoms with Gasteiger partial charge in [-0.3, -0.25) is 5.41 Å². The van der Waals surface area contributed by atoms with Gasteiger partial charge in [0.05, 0.1) is 0 Å². The highest BCUT2D eigenvalue weighted by molar-refractivity contribution is 5.90. The molecule has 0 atom stereocenters. The number of aryl methyl sites for hydroxylation is 1. The molecule has 1 N–H and O–H groups in total. The van der Waals surface area contributed by atoms with Crippen molar-refractivity contribution >= 4 is 12.1 Å². The topological polar surface area (TPSA) is 36.2 Å². The number of amidine groups is 1. The molecule has 92 valence electrons. The minimum Gasteiger partial charge on any atom is -0.286 e. The molecule has 1 aromatic carbocycles. The molecule has 0 radical (unpaired) electrons. The van der Waals surface area contributed by atoms with Crippen molar-refractivity contribution in [3.8, 4) is 0 Å². The van der Waals surface area contributed by atoms with Crippen LogP contribution >= 0.6 is 0 Å². The Balaban J connectivity index is 2.25. The molecule has 0 aliphatic heterocycles. The Morgan fingerprint density at radius 3 is 2.47 bits per heavy atom. The van der Waals surface area contributed by atoms with Crippen LogP contribution in [0.5, 0.6) is 0 Å². The lowest BCUT2D eigenvalue weighted by Gasteiger charge is -2.15. The van der Waals surface area contributed by atoms with Crippen molar-refractivity contribution < 1.29 is 0 Å². The first-order chi connectivity index (χ1) is 8.00. The van der Waals surface area contributed by atoms with E-state index in [1.807, 2.05) is 33.1 Å². The quantitative estimate of drug-likeness (QED) is 0.459. The van der Waals surface area contributed by atoms with Crippen LogP contribution in [0, 0.1) is 10.8 Å². The molecular formula is C15H22N2. The largest absolute Gasteiger partial charge is 0.286 e. The van der Waals surface area contributed by atoms with Crippen molar-refractivity contribution in [1.29, 1.82) is 5.41 Å². The summed E-state index contributed by atoms with van der Waals surface area (Å²) in [5, 5.41) is 7.74. The second-order valence-corrected chi connectivity index (χ2v) is 5.29. The van der Waals surface area contributed by atoms with E-state index in [2.05, 4.69) is 29.3 Å². The third kappa shape index (κ3) is 5.43. The standard InChI is InChI=1S/C15H22N2/c1-15(2,3)14(16)17-12-8-7-11-13-9-5-4-6-10-13/h4-6,9-10,12,16H,7-8,11H2,1-3H3/b16-14?,17-12+. The Hall–Kier alpha value is -1.44. The Morgan fingerprint density at radius 1 is 1.24 bits per heavy atom. The monoisotopic (exact) mass is 230 g/mol. The molecule has 0 aliphatic rings. The molecule has 1 aromatic rings. The van der Waals surface area contributed by atoms with Gasteiger partial charge in [-0.05, 0) is 24.8 Å². The second-order valence-electron chi connectivity index (χ2n) is 5.29. The molecule has 0 saturated heterocycles. The average molecular weight is 230 g/mol. The summed E-state index contributed by atoms with van der Waals surface area (Å²) >= 11 is 0. The zero-order chi connectivity index (χ0) is 12.7. The zero-order valence-electron chi connectivity index (χ0n) is 11.0. The van der Waals surface area contributed by atoms with Crippen molar-refractivity contribution in [2.75, 3.05) is 0 Å². The number of unbranched alkanes of at least 4 members (excludes halogenated alkanes) is 1. The lowest BCUT2D eigenvalue weighted by molar-refractivity contribution is 0.581. The maximum absolute atomic E-state index is 7.74. The van der Waals surface area contributed by atoms with E-state index in [0.29, 0.717) is 5.84 Å². The van der Waals surface area contributed by atoms with Crippen molar-refractivity contribution in [3.05, 3.63) is 35.9 Å². The third-order valence-corrected chi connectivity index (χ3v) is 2.57. The van der Waals surface area contributed by atoms with E-state index in [1.165, 1.54) is 5.56 Å². The van der Waals surface area contributed by atoms with E-state index in [9.17, 15) is 0 Å². The van der Waals surface area contributed by atoms with Crippen LogP contribution in [0.15, 0.2) is 35.3 Å². The fraction of sp³-hybridized carbons (Fsp3) is 0.467. The van der Waals surface area contributed by atoms with Crippen LogP contribution in [0.3, 0.4) is 0 Å². The first kappa shape index (κ1) is 13.6. The van der Waals surface area contributed by atoms with Gasteiger partial charge in [-0.15, -0.1) is 0 Å². The maximum atomic E-state index is 7.74. The van der Waals surface area contributed by atoms with Crippen LogP contribution in [0.4, 0.5) is 0 Å². The Labute approximate surface area is 104 Å². The van der Waals surface area contributed by atoms with Gasteiger partial charge in [-0.2, -0.15) is 0 Å². The summed E-state index contributed by atoms with van der Waals surface area (Å²) in [6.45, 7) is 6.03. The molecular weight excluding hydrogens is 208 g/mol. The van der Waals surface area contributed by atoms with Crippen LogP contribution in [-0.2, 0) is 6.42 Å². The van der Waals surface area contributed by atoms with E-state index in [1.54, 1.807) is 0 Å². The molecule has 2 heteroatoms. The fourth-order valence-electron chi connectivity index (χ4n) is 1.39. The number of nitrogens with one attached hydrogen (secondary N) is 1. The lowest BCUT2D eigenvalue weighted by atomic mass is 9.95. The van der Waals surface area contributed by atoms with Crippen molar-refractivity contribution in [3.63, 3.8) is 0 Å². The molecule has 0 heterocycles. The molecule has 17 heavy (non-hydrogen) atoms. The minimum atomic E-state index is -0.143. The fourth-order valence-corrected chi connectivity index (χ4v) is 1.39. The van der Waals surface area contributed by atoms with Crippen molar-refractivity contribution in [1.82, 2.24) is 0 Å². The van der Waals surface area contributed by atoms with Gasteiger partial charge in [0.25, 0.3) is 0 Å². The summed E-state index contributed by atoms with van der Waals surface area (Å²) in [5.41, 5.74) is 1.22. The third-order valence-electron chi connectivity index (χ3n) is 2.57. The van der Waals surface area contributed by atoms with Crippen LogP contribution in [-0.4, -0.2) is 12.1 Å². The molecule has 0 amide bonds. The second kappa shape index (κ2) is 6.33. The smallest absolute Gasteiger partial charge is 0.125 e. The molecule has 0 spiro atoms. The van der Waals surface area contributed by atoms with Crippen LogP contribution in [0.25, 0.3) is 0 Å². The lowest BCUT2D eigenvalue weighted by Crippen LogP contribution is -2.16. The number of hydrogen-bond donors (Lipinski definition) is 1. The van der Waals surface area contributed by atoms with Gasteiger partial charge in [0.2, 0.25) is 0 Å². The zero-order valence-corrected chi connectivity index (χ0v) is 11.0. The van der Waals surface area contributed by atoms with Crippen LogP contribution in [0.2, 0.25) is 0 Å². The predicted octanol–water partition coefficient (Wildman–Crippen LogP) is 4.10. The minimum absolute atomic E-state index is 0.143. The first-order valence-electron chi connectivity index (χ1n) is 6.15. The summed E-state index contributed by atoms with van der Waals surface area (Å²) in [6, 6.07) is 10.5. The van der Waals surface area contributed by atoms with Gasteiger partial charge in [0, 0.05) is 11.6 Å². The molecule has 0 unspecified atom stereocenters. The van der Waals surface area contributed by atoms with Gasteiger partial charge in [0.1, 0.15) is 5.84 Å². The number of benzene rings is 1. The molecule has 0 saturated carbocycles. The Kier molecular flexibility index (Phi) is 5.08. The van der Waals surface area contributed by atoms with Gasteiger partial charge < -0.3 is 0 Å². The van der Waals surface area contributed by atoms with Crippen molar-refractivity contribution in [2.45, 2.75) is 40.0 Å². The van der Waals surface area contributed by atoms with E-state index < -0.39 is 0 Å². The predicted molar refractivity (Wildman–Crippen MR) is 75.1 cm³/mol. The van der Waals surface area contributed by atoms with Crippen LogP contribution < -0.4 is 0 Å². The summed E-state index contributed by atoms with van der Waals surface area (Å²) in [6.07, 6.45) is 4.98. The number of hydrogen-bond acceptors (Lipinski definition) is 1. The van der Waals surface area contributed by atoms with E-state index in [0.717, 1.165) is 19.3 Å². The van der Waals surface area contributed by atoms with Gasteiger partial charge in [-0.1, -0.05) is 51.1 Å². The number of nitrogens with zero attached hydrogens (tertiary/aromatic N) is 1. The molecule has 2 nitrogen and oxygen atoms in total. The first-order valence-corrected chi connectivity index (χ1v) is 6.15. The van der Waals surface area contributed by atoms with Crippen molar-refractivity contribution in [2.24, 2.45) is 10.4 Å². The SMILES string of the molecule is CC(C)(C)C(=N)/N=C/CCCc1ccccc1. The summed E-state index contributed by atoms with van der Waals surface area (Å²) < 4.78 is 0. The van der Waals surface area contributed by atoms with Crippen LogP contribution in [0.1, 0.15) is 39.2 Å². The number of aliphatic imine (C=N–C) groups is 1.